The molecular weight excluding hydrogens is 358 g/mol. The molecule has 1 aliphatic heterocycles. The summed E-state index contributed by atoms with van der Waals surface area (Å²) in [5.74, 6) is -1.03. The highest BCUT2D eigenvalue weighted by Gasteiger charge is 2.31. The van der Waals surface area contributed by atoms with Crippen LogP contribution in [0.4, 0.5) is 0 Å². The van der Waals surface area contributed by atoms with Gasteiger partial charge in [0.1, 0.15) is 0 Å². The normalized spacial score (nSPS) is 13.5. The van der Waals surface area contributed by atoms with Crippen LogP contribution in [0.2, 0.25) is 0 Å². The molecule has 0 radical (unpaired) electrons. The first kappa shape index (κ1) is 19.7. The lowest BCUT2D eigenvalue weighted by atomic mass is 10.1. The molecule has 0 aliphatic carbocycles. The number of benzene rings is 1. The maximum atomic E-state index is 12.7. The van der Waals surface area contributed by atoms with Gasteiger partial charge in [-0.05, 0) is 25.8 Å². The zero-order valence-corrected chi connectivity index (χ0v) is 16.1. The van der Waals surface area contributed by atoms with E-state index in [2.05, 4.69) is 5.32 Å². The maximum absolute atomic E-state index is 12.7. The molecule has 3 rings (SSSR count). The van der Waals surface area contributed by atoms with Crippen LogP contribution in [0.3, 0.4) is 0 Å². The molecule has 7 heteroatoms. The van der Waals surface area contributed by atoms with E-state index in [1.165, 1.54) is 6.07 Å². The van der Waals surface area contributed by atoms with Crippen LogP contribution >= 0.6 is 0 Å². The number of rotatable bonds is 6. The predicted molar refractivity (Wildman–Crippen MR) is 105 cm³/mol. The molecule has 0 unspecified atom stereocenters. The topological polar surface area (TPSA) is 91.6 Å². The lowest BCUT2D eigenvalue weighted by Crippen LogP contribution is -2.46. The molecule has 0 saturated carbocycles. The number of aromatic hydroxyl groups is 1. The number of nitrogens with zero attached hydrogens (tertiary/aromatic N) is 2. The Kier molecular flexibility index (Phi) is 5.82. The standard InChI is InChI=1S/C21H25N3O4/c1-14(2)23-10-11-24-16(12-17(25)20(27)19(24)21(23)28)13-22-18(26)9-8-15-6-4-3-5-7-15/h3-7,12,14,27H,8-11,13H2,1-2H3,(H,22,26). The molecular formula is C21H25N3O4. The summed E-state index contributed by atoms with van der Waals surface area (Å²) in [6.45, 7) is 4.85. The van der Waals surface area contributed by atoms with Crippen LogP contribution in [-0.2, 0) is 24.3 Å². The van der Waals surface area contributed by atoms with Crippen molar-refractivity contribution in [2.24, 2.45) is 0 Å². The number of aryl methyl sites for hydroxylation is 1. The first-order chi connectivity index (χ1) is 13.4. The van der Waals surface area contributed by atoms with Gasteiger partial charge in [-0.15, -0.1) is 0 Å². The summed E-state index contributed by atoms with van der Waals surface area (Å²) >= 11 is 0. The number of pyridine rings is 1. The third kappa shape index (κ3) is 4.08. The summed E-state index contributed by atoms with van der Waals surface area (Å²) < 4.78 is 1.63. The Balaban J connectivity index is 1.73. The van der Waals surface area contributed by atoms with Gasteiger partial charge in [0.2, 0.25) is 11.3 Å². The zero-order chi connectivity index (χ0) is 20.3. The molecule has 1 aliphatic rings. The Hall–Kier alpha value is -3.09. The van der Waals surface area contributed by atoms with E-state index >= 15 is 0 Å². The second-order valence-electron chi connectivity index (χ2n) is 7.20. The Morgan fingerprint density at radius 1 is 1.18 bits per heavy atom. The van der Waals surface area contributed by atoms with Gasteiger partial charge in [-0.25, -0.2) is 0 Å². The van der Waals surface area contributed by atoms with Gasteiger partial charge in [0, 0.05) is 37.3 Å². The number of nitrogens with one attached hydrogen (secondary N) is 1. The number of carbonyl (C=O) groups is 2. The van der Waals surface area contributed by atoms with Gasteiger partial charge < -0.3 is 19.9 Å². The number of hydrogen-bond donors (Lipinski definition) is 2. The quantitative estimate of drug-likeness (QED) is 0.794. The van der Waals surface area contributed by atoms with Crippen LogP contribution in [0.15, 0.2) is 41.2 Å². The minimum absolute atomic E-state index is 0.000912. The molecule has 2 amide bonds. The van der Waals surface area contributed by atoms with Crippen LogP contribution in [-0.4, -0.2) is 39.0 Å². The van der Waals surface area contributed by atoms with E-state index < -0.39 is 11.2 Å². The van der Waals surface area contributed by atoms with Crippen LogP contribution < -0.4 is 10.7 Å². The number of amides is 2. The van der Waals surface area contributed by atoms with Crippen molar-refractivity contribution in [3.8, 4) is 5.75 Å². The molecule has 1 aromatic heterocycles. The van der Waals surface area contributed by atoms with Gasteiger partial charge in [-0.1, -0.05) is 30.3 Å². The van der Waals surface area contributed by atoms with E-state index in [1.54, 1.807) is 9.47 Å². The summed E-state index contributed by atoms with van der Waals surface area (Å²) in [7, 11) is 0. The van der Waals surface area contributed by atoms with Crippen molar-refractivity contribution in [3.63, 3.8) is 0 Å². The minimum Gasteiger partial charge on any atom is -0.503 e. The molecule has 148 valence electrons. The Morgan fingerprint density at radius 3 is 2.57 bits per heavy atom. The van der Waals surface area contributed by atoms with Crippen molar-refractivity contribution in [2.75, 3.05) is 6.54 Å². The third-order valence-corrected chi connectivity index (χ3v) is 4.97. The predicted octanol–water partition coefficient (Wildman–Crippen LogP) is 1.67. The van der Waals surface area contributed by atoms with Gasteiger partial charge in [-0.3, -0.25) is 14.4 Å². The number of aromatic nitrogens is 1. The monoisotopic (exact) mass is 383 g/mol. The second-order valence-corrected chi connectivity index (χ2v) is 7.20. The van der Waals surface area contributed by atoms with Crippen molar-refractivity contribution >= 4 is 11.8 Å². The molecule has 0 saturated heterocycles. The molecule has 2 heterocycles. The lowest BCUT2D eigenvalue weighted by molar-refractivity contribution is -0.121. The van der Waals surface area contributed by atoms with E-state index in [1.807, 2.05) is 44.2 Å². The summed E-state index contributed by atoms with van der Waals surface area (Å²) in [5.41, 5.74) is 0.984. The summed E-state index contributed by atoms with van der Waals surface area (Å²) in [5, 5.41) is 13.0. The molecule has 28 heavy (non-hydrogen) atoms. The Morgan fingerprint density at radius 2 is 1.89 bits per heavy atom. The van der Waals surface area contributed by atoms with Gasteiger partial charge in [0.15, 0.2) is 11.4 Å². The Labute approximate surface area is 163 Å². The van der Waals surface area contributed by atoms with Crippen molar-refractivity contribution in [3.05, 3.63) is 63.6 Å². The first-order valence-electron chi connectivity index (χ1n) is 9.45. The molecule has 2 aromatic rings. The maximum Gasteiger partial charge on any atom is 0.274 e. The fraction of sp³-hybridized carbons (Fsp3) is 0.381. The summed E-state index contributed by atoms with van der Waals surface area (Å²) in [6, 6.07) is 11.0. The highest BCUT2D eigenvalue weighted by atomic mass is 16.3. The van der Waals surface area contributed by atoms with Crippen molar-refractivity contribution in [2.45, 2.75) is 45.8 Å². The highest BCUT2D eigenvalue weighted by molar-refractivity contribution is 5.96. The highest BCUT2D eigenvalue weighted by Crippen LogP contribution is 2.22. The molecule has 0 atom stereocenters. The molecule has 7 nitrogen and oxygen atoms in total. The molecule has 0 fully saturated rings. The van der Waals surface area contributed by atoms with E-state index in [4.69, 9.17) is 0 Å². The van der Waals surface area contributed by atoms with Gasteiger partial charge in [0.25, 0.3) is 5.91 Å². The fourth-order valence-corrected chi connectivity index (χ4v) is 3.42. The smallest absolute Gasteiger partial charge is 0.274 e. The third-order valence-electron chi connectivity index (χ3n) is 4.97. The molecule has 0 bridgehead atoms. The number of hydrogen-bond acceptors (Lipinski definition) is 4. The van der Waals surface area contributed by atoms with Crippen molar-refractivity contribution < 1.29 is 14.7 Å². The van der Waals surface area contributed by atoms with Crippen LogP contribution in [0.25, 0.3) is 0 Å². The van der Waals surface area contributed by atoms with E-state index in [0.717, 1.165) is 5.56 Å². The molecule has 1 aromatic carbocycles. The van der Waals surface area contributed by atoms with Gasteiger partial charge in [-0.2, -0.15) is 0 Å². The van der Waals surface area contributed by atoms with Gasteiger partial charge in [0.05, 0.1) is 6.54 Å². The molecule has 2 N–H and O–H groups in total. The van der Waals surface area contributed by atoms with E-state index in [9.17, 15) is 19.5 Å². The van der Waals surface area contributed by atoms with Crippen molar-refractivity contribution in [1.82, 2.24) is 14.8 Å². The van der Waals surface area contributed by atoms with Crippen LogP contribution in [0.1, 0.15) is 42.0 Å². The molecule has 0 spiro atoms. The summed E-state index contributed by atoms with van der Waals surface area (Å²) in [4.78, 5) is 38.7. The fourth-order valence-electron chi connectivity index (χ4n) is 3.42. The Bertz CT molecular complexity index is 935. The lowest BCUT2D eigenvalue weighted by Gasteiger charge is -2.34. The first-order valence-corrected chi connectivity index (χ1v) is 9.45. The van der Waals surface area contributed by atoms with Crippen LogP contribution in [0.5, 0.6) is 5.75 Å². The second kappa shape index (κ2) is 8.29. The summed E-state index contributed by atoms with van der Waals surface area (Å²) in [6.07, 6.45) is 0.960. The van der Waals surface area contributed by atoms with Crippen LogP contribution in [0, 0.1) is 0 Å². The largest absolute Gasteiger partial charge is 0.503 e. The van der Waals surface area contributed by atoms with Gasteiger partial charge >= 0.3 is 0 Å². The van der Waals surface area contributed by atoms with E-state index in [0.29, 0.717) is 31.6 Å². The zero-order valence-electron chi connectivity index (χ0n) is 16.1. The van der Waals surface area contributed by atoms with E-state index in [-0.39, 0.29) is 30.1 Å². The SMILES string of the molecule is CC(C)N1CCn2c(CNC(=O)CCc3ccccc3)cc(=O)c(O)c2C1=O. The minimum atomic E-state index is -0.612. The van der Waals surface area contributed by atoms with Crippen molar-refractivity contribution in [1.29, 1.82) is 0 Å². The average molecular weight is 383 g/mol. The number of carbonyl (C=O) groups excluding carboxylic acids is 2. The average Bonchev–Trinajstić information content (AvgIpc) is 2.68. The number of fused-ring (bicyclic) bond motifs is 1.